The molecule has 2 aliphatic rings. The molecular weight excluding hydrogens is 504 g/mol. The Bertz CT molecular complexity index is 990. The van der Waals surface area contributed by atoms with E-state index in [0.717, 1.165) is 21.3 Å². The minimum Gasteiger partial charge on any atom is -0.444 e. The van der Waals surface area contributed by atoms with Gasteiger partial charge in [-0.3, -0.25) is 19.3 Å². The molecule has 3 N–H and O–H groups in total. The van der Waals surface area contributed by atoms with E-state index in [9.17, 15) is 19.2 Å². The van der Waals surface area contributed by atoms with E-state index in [-0.39, 0.29) is 23.8 Å². The molecule has 3 rings (SSSR count). The van der Waals surface area contributed by atoms with E-state index >= 15 is 0 Å². The molecule has 2 heterocycles. The zero-order valence-corrected chi connectivity index (χ0v) is 21.9. The van der Waals surface area contributed by atoms with Gasteiger partial charge in [0.15, 0.2) is 0 Å². The number of anilines is 1. The van der Waals surface area contributed by atoms with Crippen LogP contribution in [0.4, 0.5) is 10.5 Å². The number of carbonyl (C=O) groups is 4. The first kappa shape index (κ1) is 26.0. The van der Waals surface area contributed by atoms with Crippen molar-refractivity contribution in [3.05, 3.63) is 27.7 Å². The van der Waals surface area contributed by atoms with Crippen molar-refractivity contribution in [1.82, 2.24) is 16.0 Å². The second-order valence-electron chi connectivity index (χ2n) is 9.86. The largest absolute Gasteiger partial charge is 0.444 e. The predicted molar refractivity (Wildman–Crippen MR) is 132 cm³/mol. The fraction of sp³-hybridized carbons (Fsp3) is 0.583. The molecule has 1 aromatic carbocycles. The number of nitrogens with one attached hydrogen (secondary N) is 3. The number of halogens is 1. The van der Waals surface area contributed by atoms with E-state index in [0.29, 0.717) is 32.1 Å². The number of hydrogen-bond donors (Lipinski definition) is 3. The lowest BCUT2D eigenvalue weighted by molar-refractivity contribution is -0.127. The molecule has 9 nitrogen and oxygen atoms in total. The summed E-state index contributed by atoms with van der Waals surface area (Å²) in [5.74, 6) is -0.708. The number of hydrogen-bond acceptors (Lipinski definition) is 5. The van der Waals surface area contributed by atoms with Gasteiger partial charge in [0.2, 0.25) is 17.7 Å². The number of carbonyl (C=O) groups excluding carboxylic acids is 4. The molecule has 0 spiro atoms. The molecule has 0 aromatic heterocycles. The topological polar surface area (TPSA) is 117 Å². The molecule has 0 aliphatic carbocycles. The zero-order chi connectivity index (χ0) is 25.2. The average molecular weight is 537 g/mol. The maximum absolute atomic E-state index is 13.6. The third-order valence-corrected chi connectivity index (χ3v) is 6.36. The lowest BCUT2D eigenvalue weighted by Gasteiger charge is -2.29. The number of benzene rings is 1. The second kappa shape index (κ2) is 10.3. The zero-order valence-electron chi connectivity index (χ0n) is 20.3. The quantitative estimate of drug-likeness (QED) is 0.516. The van der Waals surface area contributed by atoms with Gasteiger partial charge in [0.25, 0.3) is 0 Å². The molecule has 186 valence electrons. The van der Waals surface area contributed by atoms with E-state index in [4.69, 9.17) is 4.74 Å². The van der Waals surface area contributed by atoms with Crippen LogP contribution in [0.1, 0.15) is 58.1 Å². The molecule has 10 heteroatoms. The summed E-state index contributed by atoms with van der Waals surface area (Å²) in [6.45, 7) is 7.11. The van der Waals surface area contributed by atoms with Crippen LogP contribution < -0.4 is 20.9 Å². The monoisotopic (exact) mass is 536 g/mol. The number of amides is 4. The molecule has 2 aliphatic heterocycles. The minimum absolute atomic E-state index is 0.0948. The highest BCUT2D eigenvalue weighted by atomic mass is 79.9. The first-order valence-corrected chi connectivity index (χ1v) is 12.3. The van der Waals surface area contributed by atoms with E-state index in [1.54, 1.807) is 27.8 Å². The number of alkyl carbamates (subject to hydrolysis) is 1. The Morgan fingerprint density at radius 2 is 1.91 bits per heavy atom. The highest BCUT2D eigenvalue weighted by Gasteiger charge is 2.44. The Morgan fingerprint density at radius 3 is 2.56 bits per heavy atom. The van der Waals surface area contributed by atoms with Crippen LogP contribution in [-0.4, -0.2) is 54.6 Å². The van der Waals surface area contributed by atoms with Crippen LogP contribution in [-0.2, 0) is 32.0 Å². The van der Waals surface area contributed by atoms with Crippen molar-refractivity contribution < 1.29 is 23.9 Å². The minimum atomic E-state index is -0.812. The Balaban J connectivity index is 1.83. The molecule has 0 saturated carbocycles. The van der Waals surface area contributed by atoms with Crippen LogP contribution in [0.15, 0.2) is 16.6 Å². The van der Waals surface area contributed by atoms with Gasteiger partial charge in [-0.05, 0) is 70.2 Å². The van der Waals surface area contributed by atoms with Gasteiger partial charge < -0.3 is 20.7 Å². The summed E-state index contributed by atoms with van der Waals surface area (Å²) in [7, 11) is 1.57. The van der Waals surface area contributed by atoms with Crippen molar-refractivity contribution in [2.24, 2.45) is 0 Å². The summed E-state index contributed by atoms with van der Waals surface area (Å²) in [4.78, 5) is 52.4. The summed E-state index contributed by atoms with van der Waals surface area (Å²) in [5.41, 5.74) is 1.92. The summed E-state index contributed by atoms with van der Waals surface area (Å²) < 4.78 is 6.23. The molecule has 0 radical (unpaired) electrons. The molecule has 1 aromatic rings. The van der Waals surface area contributed by atoms with E-state index < -0.39 is 23.8 Å². The van der Waals surface area contributed by atoms with Gasteiger partial charge in [-0.1, -0.05) is 15.9 Å². The van der Waals surface area contributed by atoms with Crippen LogP contribution in [0.5, 0.6) is 0 Å². The Morgan fingerprint density at radius 1 is 1.24 bits per heavy atom. The summed E-state index contributed by atoms with van der Waals surface area (Å²) in [6, 6.07) is 2.11. The first-order valence-electron chi connectivity index (χ1n) is 11.5. The van der Waals surface area contributed by atoms with Crippen LogP contribution in [0, 0.1) is 0 Å². The van der Waals surface area contributed by atoms with Crippen LogP contribution in [0.25, 0.3) is 0 Å². The highest BCUT2D eigenvalue weighted by molar-refractivity contribution is 9.10. The lowest BCUT2D eigenvalue weighted by Crippen LogP contribution is -2.55. The van der Waals surface area contributed by atoms with Gasteiger partial charge >= 0.3 is 6.09 Å². The van der Waals surface area contributed by atoms with Crippen molar-refractivity contribution >= 4 is 45.4 Å². The molecule has 34 heavy (non-hydrogen) atoms. The van der Waals surface area contributed by atoms with Crippen molar-refractivity contribution in [3.63, 3.8) is 0 Å². The summed E-state index contributed by atoms with van der Waals surface area (Å²) in [6.07, 6.45) is 1.46. The van der Waals surface area contributed by atoms with Crippen molar-refractivity contribution in [1.29, 1.82) is 0 Å². The fourth-order valence-corrected chi connectivity index (χ4v) is 4.91. The lowest BCUT2D eigenvalue weighted by atomic mass is 10.0. The predicted octanol–water partition coefficient (Wildman–Crippen LogP) is 2.58. The smallest absolute Gasteiger partial charge is 0.408 e. The van der Waals surface area contributed by atoms with Crippen molar-refractivity contribution in [2.45, 2.75) is 83.5 Å². The number of aryl methyl sites for hydroxylation is 1. The maximum atomic E-state index is 13.6. The molecule has 4 amide bonds. The Kier molecular flexibility index (Phi) is 7.90. The number of ether oxygens (including phenoxy) is 1. The number of rotatable bonds is 6. The molecule has 0 bridgehead atoms. The van der Waals surface area contributed by atoms with Gasteiger partial charge in [-0.2, -0.15) is 0 Å². The molecule has 1 unspecified atom stereocenters. The first-order chi connectivity index (χ1) is 15.9. The fourth-order valence-electron chi connectivity index (χ4n) is 4.36. The second-order valence-corrected chi connectivity index (χ2v) is 10.8. The summed E-state index contributed by atoms with van der Waals surface area (Å²) >= 11 is 3.54. The molecule has 3 atom stereocenters. The standard InChI is InChI=1S/C24H33BrN4O5/c1-13(6-9-19(30)26-5)27-21(31)18-12-15-11-16(25)10-14-7-8-17(22(32)29(18)20(14)15)28-23(33)34-24(2,3)4/h10-11,13,17-18H,6-9,12H2,1-5H3,(H,26,30)(H,27,31)(H,28,33)/t13-,17?,18+/m1/s1. The maximum Gasteiger partial charge on any atom is 0.408 e. The van der Waals surface area contributed by atoms with Gasteiger partial charge in [0.1, 0.15) is 17.7 Å². The molecular formula is C24H33BrN4O5. The number of nitrogens with zero attached hydrogens (tertiary/aromatic N) is 1. The van der Waals surface area contributed by atoms with E-state index in [1.165, 1.54) is 4.90 Å². The van der Waals surface area contributed by atoms with E-state index in [2.05, 4.69) is 31.9 Å². The average Bonchev–Trinajstić information content (AvgIpc) is 3.06. The van der Waals surface area contributed by atoms with Gasteiger partial charge in [0.05, 0.1) is 5.69 Å². The van der Waals surface area contributed by atoms with Crippen molar-refractivity contribution in [3.8, 4) is 0 Å². The van der Waals surface area contributed by atoms with Gasteiger partial charge in [0, 0.05) is 30.4 Å². The SMILES string of the molecule is CNC(=O)CC[C@@H](C)NC(=O)[C@@H]1Cc2cc(Br)cc3c2N1C(=O)C(NC(=O)OC(C)(C)C)CC3. The summed E-state index contributed by atoms with van der Waals surface area (Å²) in [5, 5.41) is 8.22. The van der Waals surface area contributed by atoms with Crippen molar-refractivity contribution in [2.75, 3.05) is 11.9 Å². The van der Waals surface area contributed by atoms with Gasteiger partial charge in [-0.25, -0.2) is 4.79 Å². The molecule has 0 fully saturated rings. The Labute approximate surface area is 208 Å². The molecule has 0 saturated heterocycles. The van der Waals surface area contributed by atoms with E-state index in [1.807, 2.05) is 19.1 Å². The van der Waals surface area contributed by atoms with Crippen LogP contribution in [0.3, 0.4) is 0 Å². The van der Waals surface area contributed by atoms with Gasteiger partial charge in [-0.15, -0.1) is 0 Å². The van der Waals surface area contributed by atoms with Crippen LogP contribution in [0.2, 0.25) is 0 Å². The highest BCUT2D eigenvalue weighted by Crippen LogP contribution is 2.41. The van der Waals surface area contributed by atoms with Crippen LogP contribution >= 0.6 is 15.9 Å². The third kappa shape index (κ3) is 6.08. The third-order valence-electron chi connectivity index (χ3n) is 5.90. The Hall–Kier alpha value is -2.62. The normalized spacial score (nSPS) is 20.2.